The predicted octanol–water partition coefficient (Wildman–Crippen LogP) is 1.87. The molecule has 2 aromatic carbocycles. The van der Waals surface area contributed by atoms with E-state index in [0.29, 0.717) is 16.8 Å². The molecule has 0 aliphatic carbocycles. The molecule has 6 heteroatoms. The molecule has 0 radical (unpaired) electrons. The van der Waals surface area contributed by atoms with Gasteiger partial charge in [-0.3, -0.25) is 4.79 Å². The van der Waals surface area contributed by atoms with Gasteiger partial charge in [0.25, 0.3) is 5.91 Å². The first-order chi connectivity index (χ1) is 10.1. The lowest BCUT2D eigenvalue weighted by molar-refractivity contribution is -0.110. The van der Waals surface area contributed by atoms with Crippen molar-refractivity contribution in [1.29, 1.82) is 0 Å². The highest BCUT2D eigenvalue weighted by Crippen LogP contribution is 2.23. The molecule has 3 rings (SSSR count). The maximum atomic E-state index is 11.8. The molecular formula is C15H11N3O3. The molecule has 21 heavy (non-hydrogen) atoms. The Bertz CT molecular complexity index is 781. The smallest absolute Gasteiger partial charge is 0.276 e. The molecule has 1 heterocycles. The van der Waals surface area contributed by atoms with Crippen LogP contribution in [0.1, 0.15) is 11.1 Å². The first-order valence-corrected chi connectivity index (χ1v) is 6.19. The van der Waals surface area contributed by atoms with Crippen molar-refractivity contribution in [3.8, 4) is 11.5 Å². The van der Waals surface area contributed by atoms with E-state index in [1.165, 1.54) is 24.4 Å². The van der Waals surface area contributed by atoms with Crippen molar-refractivity contribution in [3.63, 3.8) is 0 Å². The van der Waals surface area contributed by atoms with Crippen molar-refractivity contribution in [1.82, 2.24) is 0 Å². The third kappa shape index (κ3) is 2.46. The number of phenolic OH excluding ortho intramolecular Hbond substituents is 2. The van der Waals surface area contributed by atoms with Crippen LogP contribution in [0.2, 0.25) is 0 Å². The van der Waals surface area contributed by atoms with Crippen LogP contribution in [-0.2, 0) is 4.79 Å². The highest BCUT2D eigenvalue weighted by molar-refractivity contribution is 6.53. The van der Waals surface area contributed by atoms with Gasteiger partial charge in [-0.1, -0.05) is 18.2 Å². The first-order valence-electron chi connectivity index (χ1n) is 6.19. The number of hydrogen-bond acceptors (Lipinski definition) is 5. The standard InChI is InChI=1S/C15H11N3O3/c19-10-6-5-9(13(20)7-10)8-16-18-14-11-3-1-2-4-12(11)17-15(14)21/h1-8,19-20H,(H,17,18,21)/b16-8-. The number of nitrogens with zero attached hydrogens (tertiary/aromatic N) is 2. The zero-order valence-electron chi connectivity index (χ0n) is 10.8. The summed E-state index contributed by atoms with van der Waals surface area (Å²) in [5.41, 5.74) is 2.00. The monoisotopic (exact) mass is 281 g/mol. The molecule has 0 saturated heterocycles. The molecule has 1 aliphatic heterocycles. The average Bonchev–Trinajstić information content (AvgIpc) is 2.77. The molecule has 2 aromatic rings. The Labute approximate surface area is 120 Å². The van der Waals surface area contributed by atoms with Crippen molar-refractivity contribution >= 4 is 23.5 Å². The number of benzene rings is 2. The molecule has 6 nitrogen and oxygen atoms in total. The van der Waals surface area contributed by atoms with Gasteiger partial charge in [0.2, 0.25) is 0 Å². The SMILES string of the molecule is O=C1Nc2ccccc2/C1=N\N=C/c1ccc(O)cc1O. The van der Waals surface area contributed by atoms with Crippen LogP contribution in [0.15, 0.2) is 52.7 Å². The largest absolute Gasteiger partial charge is 0.508 e. The molecule has 0 atom stereocenters. The Kier molecular flexibility index (Phi) is 3.12. The van der Waals surface area contributed by atoms with Crippen LogP contribution < -0.4 is 5.32 Å². The van der Waals surface area contributed by atoms with E-state index < -0.39 is 0 Å². The van der Waals surface area contributed by atoms with Gasteiger partial charge in [-0.2, -0.15) is 5.10 Å². The summed E-state index contributed by atoms with van der Waals surface area (Å²) in [6, 6.07) is 11.3. The summed E-state index contributed by atoms with van der Waals surface area (Å²) in [6.45, 7) is 0. The number of rotatable bonds is 2. The van der Waals surface area contributed by atoms with Gasteiger partial charge in [0.1, 0.15) is 11.5 Å². The zero-order valence-corrected chi connectivity index (χ0v) is 10.8. The number of para-hydroxylation sites is 1. The molecule has 104 valence electrons. The molecular weight excluding hydrogens is 270 g/mol. The van der Waals surface area contributed by atoms with E-state index in [2.05, 4.69) is 15.5 Å². The highest BCUT2D eigenvalue weighted by Gasteiger charge is 2.25. The molecule has 0 aromatic heterocycles. The van der Waals surface area contributed by atoms with Crippen LogP contribution in [-0.4, -0.2) is 28.0 Å². The average molecular weight is 281 g/mol. The van der Waals surface area contributed by atoms with E-state index in [9.17, 15) is 15.0 Å². The Morgan fingerprint density at radius 2 is 1.90 bits per heavy atom. The van der Waals surface area contributed by atoms with Crippen molar-refractivity contribution in [2.75, 3.05) is 5.32 Å². The van der Waals surface area contributed by atoms with Crippen LogP contribution in [0, 0.1) is 0 Å². The minimum absolute atomic E-state index is 0.0416. The second-order valence-corrected chi connectivity index (χ2v) is 4.44. The fourth-order valence-electron chi connectivity index (χ4n) is 1.99. The summed E-state index contributed by atoms with van der Waals surface area (Å²) < 4.78 is 0. The number of amides is 1. The Balaban J connectivity index is 1.89. The highest BCUT2D eigenvalue weighted by atomic mass is 16.3. The van der Waals surface area contributed by atoms with E-state index in [1.807, 2.05) is 12.1 Å². The van der Waals surface area contributed by atoms with E-state index in [1.54, 1.807) is 12.1 Å². The van der Waals surface area contributed by atoms with E-state index in [-0.39, 0.29) is 23.1 Å². The fraction of sp³-hybridized carbons (Fsp3) is 0. The number of anilines is 1. The minimum Gasteiger partial charge on any atom is -0.508 e. The lowest BCUT2D eigenvalue weighted by Gasteiger charge is -1.98. The summed E-state index contributed by atoms with van der Waals surface area (Å²) in [5, 5.41) is 29.2. The summed E-state index contributed by atoms with van der Waals surface area (Å²) >= 11 is 0. The molecule has 0 bridgehead atoms. The zero-order chi connectivity index (χ0) is 14.8. The van der Waals surface area contributed by atoms with Gasteiger partial charge in [-0.05, 0) is 18.2 Å². The van der Waals surface area contributed by atoms with E-state index in [4.69, 9.17) is 0 Å². The van der Waals surface area contributed by atoms with Crippen LogP contribution in [0.25, 0.3) is 0 Å². The predicted molar refractivity (Wildman–Crippen MR) is 79.0 cm³/mol. The van der Waals surface area contributed by atoms with Crippen LogP contribution in [0.5, 0.6) is 11.5 Å². The van der Waals surface area contributed by atoms with E-state index in [0.717, 1.165) is 0 Å². The molecule has 0 fully saturated rings. The maximum Gasteiger partial charge on any atom is 0.276 e. The van der Waals surface area contributed by atoms with Crippen molar-refractivity contribution in [2.45, 2.75) is 0 Å². The topological polar surface area (TPSA) is 94.3 Å². The second kappa shape index (κ2) is 5.09. The lowest BCUT2D eigenvalue weighted by atomic mass is 10.1. The number of nitrogens with one attached hydrogen (secondary N) is 1. The number of fused-ring (bicyclic) bond motifs is 1. The number of hydrogen-bond donors (Lipinski definition) is 3. The van der Waals surface area contributed by atoms with E-state index >= 15 is 0 Å². The number of phenols is 2. The van der Waals surface area contributed by atoms with Gasteiger partial charge >= 0.3 is 0 Å². The van der Waals surface area contributed by atoms with Crippen LogP contribution >= 0.6 is 0 Å². The Morgan fingerprint density at radius 3 is 2.71 bits per heavy atom. The third-order valence-electron chi connectivity index (χ3n) is 3.01. The summed E-state index contributed by atoms with van der Waals surface area (Å²) in [4.78, 5) is 11.8. The Morgan fingerprint density at radius 1 is 1.10 bits per heavy atom. The van der Waals surface area contributed by atoms with Gasteiger partial charge in [-0.15, -0.1) is 5.10 Å². The number of carbonyl (C=O) groups is 1. The van der Waals surface area contributed by atoms with Crippen molar-refractivity contribution in [2.24, 2.45) is 10.2 Å². The van der Waals surface area contributed by atoms with Crippen LogP contribution in [0.3, 0.4) is 0 Å². The third-order valence-corrected chi connectivity index (χ3v) is 3.01. The second-order valence-electron chi connectivity index (χ2n) is 4.44. The molecule has 1 amide bonds. The minimum atomic E-state index is -0.316. The quantitative estimate of drug-likeness (QED) is 0.579. The fourth-order valence-corrected chi connectivity index (χ4v) is 1.99. The first kappa shape index (κ1) is 12.9. The molecule has 0 unspecified atom stereocenters. The van der Waals surface area contributed by atoms with Gasteiger partial charge in [0.05, 0.1) is 11.9 Å². The molecule has 1 aliphatic rings. The summed E-state index contributed by atoms with van der Waals surface area (Å²) in [7, 11) is 0. The van der Waals surface area contributed by atoms with Gasteiger partial charge in [0, 0.05) is 17.2 Å². The van der Waals surface area contributed by atoms with Gasteiger partial charge in [0.15, 0.2) is 5.71 Å². The normalized spacial score (nSPS) is 15.4. The molecule has 3 N–H and O–H groups in total. The Hall–Kier alpha value is -3.15. The lowest BCUT2D eigenvalue weighted by Crippen LogP contribution is -2.13. The number of aromatic hydroxyl groups is 2. The molecule has 0 saturated carbocycles. The molecule has 0 spiro atoms. The van der Waals surface area contributed by atoms with Crippen LogP contribution in [0.4, 0.5) is 5.69 Å². The maximum absolute atomic E-state index is 11.8. The van der Waals surface area contributed by atoms with Gasteiger partial charge < -0.3 is 15.5 Å². The number of carbonyl (C=O) groups excluding carboxylic acids is 1. The van der Waals surface area contributed by atoms with Gasteiger partial charge in [-0.25, -0.2) is 0 Å². The summed E-state index contributed by atoms with van der Waals surface area (Å²) in [6.07, 6.45) is 1.32. The van der Waals surface area contributed by atoms with Crippen molar-refractivity contribution in [3.05, 3.63) is 53.6 Å². The summed E-state index contributed by atoms with van der Waals surface area (Å²) in [5.74, 6) is -0.474. The van der Waals surface area contributed by atoms with Crippen molar-refractivity contribution < 1.29 is 15.0 Å².